The Morgan fingerprint density at radius 2 is 1.90 bits per heavy atom. The number of nitro groups is 1. The zero-order valence-electron chi connectivity index (χ0n) is 16.7. The molecule has 0 aliphatic carbocycles. The molecule has 0 saturated carbocycles. The van der Waals surface area contributed by atoms with E-state index in [1.807, 2.05) is 48.9 Å². The number of nitro benzene ring substituents is 1. The Hall–Kier alpha value is -3.94. The fraction of sp³-hybridized carbons (Fsp3) is 0.182. The summed E-state index contributed by atoms with van der Waals surface area (Å²) < 4.78 is 1.90. The van der Waals surface area contributed by atoms with E-state index in [1.165, 1.54) is 12.1 Å². The van der Waals surface area contributed by atoms with E-state index in [2.05, 4.69) is 15.4 Å². The van der Waals surface area contributed by atoms with Crippen LogP contribution in [0, 0.1) is 24.0 Å². The molecule has 0 atom stereocenters. The SMILES string of the molecule is Cc1cc(C)n(-c2ccc(CCNC(=O)c3cc4cc([N+](=O)[O-])ccc4[nH]3)cc2)n1. The van der Waals surface area contributed by atoms with Gasteiger partial charge in [0, 0.05) is 35.3 Å². The Morgan fingerprint density at radius 3 is 2.57 bits per heavy atom. The number of aromatic amines is 1. The average molecular weight is 403 g/mol. The van der Waals surface area contributed by atoms with Crippen LogP contribution in [0.1, 0.15) is 27.4 Å². The van der Waals surface area contributed by atoms with Crippen LogP contribution in [0.15, 0.2) is 54.6 Å². The lowest BCUT2D eigenvalue weighted by Crippen LogP contribution is -2.25. The van der Waals surface area contributed by atoms with Gasteiger partial charge in [-0.05, 0) is 56.2 Å². The van der Waals surface area contributed by atoms with Crippen molar-refractivity contribution in [2.75, 3.05) is 6.54 Å². The summed E-state index contributed by atoms with van der Waals surface area (Å²) in [6.07, 6.45) is 0.689. The highest BCUT2D eigenvalue weighted by Gasteiger charge is 2.12. The number of aromatic nitrogens is 3. The molecule has 0 spiro atoms. The maximum Gasteiger partial charge on any atom is 0.270 e. The summed E-state index contributed by atoms with van der Waals surface area (Å²) in [5.74, 6) is -0.242. The van der Waals surface area contributed by atoms with E-state index in [-0.39, 0.29) is 11.6 Å². The molecule has 0 aliphatic rings. The molecule has 4 aromatic rings. The largest absolute Gasteiger partial charge is 0.351 e. The van der Waals surface area contributed by atoms with Gasteiger partial charge < -0.3 is 10.3 Å². The maximum atomic E-state index is 12.4. The van der Waals surface area contributed by atoms with Gasteiger partial charge in [-0.15, -0.1) is 0 Å². The Labute approximate surface area is 172 Å². The van der Waals surface area contributed by atoms with Gasteiger partial charge in [0.1, 0.15) is 5.69 Å². The van der Waals surface area contributed by atoms with Crippen molar-refractivity contribution < 1.29 is 9.72 Å². The number of nitrogens with zero attached hydrogens (tertiary/aromatic N) is 3. The number of non-ortho nitro benzene ring substituents is 1. The molecule has 0 aliphatic heterocycles. The third kappa shape index (κ3) is 3.93. The Balaban J connectivity index is 1.37. The quantitative estimate of drug-likeness (QED) is 0.377. The second kappa shape index (κ2) is 7.82. The van der Waals surface area contributed by atoms with Crippen LogP contribution in [0.3, 0.4) is 0 Å². The molecule has 2 aromatic heterocycles. The van der Waals surface area contributed by atoms with Gasteiger partial charge in [-0.25, -0.2) is 4.68 Å². The lowest BCUT2D eigenvalue weighted by atomic mass is 10.1. The first-order valence-electron chi connectivity index (χ1n) is 9.58. The highest BCUT2D eigenvalue weighted by Crippen LogP contribution is 2.21. The number of benzene rings is 2. The molecule has 152 valence electrons. The average Bonchev–Trinajstić information content (AvgIpc) is 3.30. The summed E-state index contributed by atoms with van der Waals surface area (Å²) in [7, 11) is 0. The van der Waals surface area contributed by atoms with Gasteiger partial charge in [0.15, 0.2) is 0 Å². The van der Waals surface area contributed by atoms with Crippen molar-refractivity contribution in [3.05, 3.63) is 87.4 Å². The van der Waals surface area contributed by atoms with Gasteiger partial charge in [0.2, 0.25) is 0 Å². The third-order valence-corrected chi connectivity index (χ3v) is 4.95. The molecule has 2 heterocycles. The van der Waals surface area contributed by atoms with Gasteiger partial charge in [-0.3, -0.25) is 14.9 Å². The fourth-order valence-electron chi connectivity index (χ4n) is 3.47. The number of fused-ring (bicyclic) bond motifs is 1. The summed E-state index contributed by atoms with van der Waals surface area (Å²) in [6.45, 7) is 4.47. The molecule has 2 N–H and O–H groups in total. The molecule has 0 radical (unpaired) electrons. The fourth-order valence-corrected chi connectivity index (χ4v) is 3.47. The van der Waals surface area contributed by atoms with E-state index in [4.69, 9.17) is 0 Å². The topological polar surface area (TPSA) is 106 Å². The smallest absolute Gasteiger partial charge is 0.270 e. The van der Waals surface area contributed by atoms with E-state index in [1.54, 1.807) is 12.1 Å². The van der Waals surface area contributed by atoms with Crippen LogP contribution in [0.4, 0.5) is 5.69 Å². The van der Waals surface area contributed by atoms with Gasteiger partial charge in [-0.2, -0.15) is 5.10 Å². The maximum absolute atomic E-state index is 12.4. The lowest BCUT2D eigenvalue weighted by molar-refractivity contribution is -0.384. The standard InChI is InChI=1S/C22H21N5O3/c1-14-11-15(2)26(25-14)18-5-3-16(4-6-18)9-10-23-22(28)21-13-17-12-19(27(29)30)7-8-20(17)24-21/h3-8,11-13,24H,9-10H2,1-2H3,(H,23,28). The molecule has 0 bridgehead atoms. The van der Waals surface area contributed by atoms with Crippen LogP contribution in [-0.4, -0.2) is 32.1 Å². The Kier molecular flexibility index (Phi) is 5.05. The van der Waals surface area contributed by atoms with Crippen LogP contribution >= 0.6 is 0 Å². The van der Waals surface area contributed by atoms with Crippen molar-refractivity contribution in [3.63, 3.8) is 0 Å². The first kappa shape index (κ1) is 19.4. The number of rotatable bonds is 6. The molecule has 30 heavy (non-hydrogen) atoms. The summed E-state index contributed by atoms with van der Waals surface area (Å²) in [4.78, 5) is 25.9. The minimum atomic E-state index is -0.452. The molecule has 2 aromatic carbocycles. The highest BCUT2D eigenvalue weighted by atomic mass is 16.6. The number of carbonyl (C=O) groups excluding carboxylic acids is 1. The number of hydrogen-bond acceptors (Lipinski definition) is 4. The molecule has 0 unspecified atom stereocenters. The van der Waals surface area contributed by atoms with Crippen molar-refractivity contribution in [2.24, 2.45) is 0 Å². The highest BCUT2D eigenvalue weighted by molar-refractivity contribution is 5.98. The third-order valence-electron chi connectivity index (χ3n) is 4.95. The molecule has 8 nitrogen and oxygen atoms in total. The van der Waals surface area contributed by atoms with Crippen LogP contribution in [0.25, 0.3) is 16.6 Å². The van der Waals surface area contributed by atoms with Crippen LogP contribution in [0.5, 0.6) is 0 Å². The summed E-state index contributed by atoms with van der Waals surface area (Å²) >= 11 is 0. The van der Waals surface area contributed by atoms with E-state index in [9.17, 15) is 14.9 Å². The van der Waals surface area contributed by atoms with Gasteiger partial charge in [-0.1, -0.05) is 12.1 Å². The lowest BCUT2D eigenvalue weighted by Gasteiger charge is -2.07. The predicted octanol–water partition coefficient (Wildman–Crippen LogP) is 3.85. The number of nitrogens with one attached hydrogen (secondary N) is 2. The number of carbonyl (C=O) groups is 1. The van der Waals surface area contributed by atoms with E-state index in [0.717, 1.165) is 22.6 Å². The van der Waals surface area contributed by atoms with Crippen molar-refractivity contribution in [1.29, 1.82) is 0 Å². The summed E-state index contributed by atoms with van der Waals surface area (Å²) in [5, 5.41) is 18.9. The van der Waals surface area contributed by atoms with Crippen molar-refractivity contribution in [3.8, 4) is 5.69 Å². The monoisotopic (exact) mass is 403 g/mol. The molecular weight excluding hydrogens is 382 g/mol. The number of hydrogen-bond donors (Lipinski definition) is 2. The first-order valence-corrected chi connectivity index (χ1v) is 9.58. The van der Waals surface area contributed by atoms with E-state index >= 15 is 0 Å². The van der Waals surface area contributed by atoms with Crippen LogP contribution in [0.2, 0.25) is 0 Å². The van der Waals surface area contributed by atoms with Crippen LogP contribution < -0.4 is 5.32 Å². The molecule has 0 fully saturated rings. The molecular formula is C22H21N5O3. The zero-order valence-corrected chi connectivity index (χ0v) is 16.7. The Bertz CT molecular complexity index is 1240. The number of amides is 1. The zero-order chi connectivity index (χ0) is 21.3. The predicted molar refractivity (Wildman–Crippen MR) is 114 cm³/mol. The normalized spacial score (nSPS) is 11.0. The molecule has 0 saturated heterocycles. The van der Waals surface area contributed by atoms with Gasteiger partial charge in [0.05, 0.1) is 16.3 Å². The molecule has 1 amide bonds. The van der Waals surface area contributed by atoms with Crippen LogP contribution in [-0.2, 0) is 6.42 Å². The van der Waals surface area contributed by atoms with Crippen molar-refractivity contribution in [2.45, 2.75) is 20.3 Å². The number of H-pyrrole nitrogens is 1. The van der Waals surface area contributed by atoms with E-state index < -0.39 is 4.92 Å². The minimum absolute atomic E-state index is 0.00243. The minimum Gasteiger partial charge on any atom is -0.351 e. The van der Waals surface area contributed by atoms with Gasteiger partial charge >= 0.3 is 0 Å². The first-order chi connectivity index (χ1) is 14.4. The van der Waals surface area contributed by atoms with Gasteiger partial charge in [0.25, 0.3) is 11.6 Å². The molecule has 8 heteroatoms. The summed E-state index contributed by atoms with van der Waals surface area (Å²) in [6, 6.07) is 16.2. The number of aryl methyl sites for hydroxylation is 2. The van der Waals surface area contributed by atoms with Crippen molar-refractivity contribution >= 4 is 22.5 Å². The second-order valence-electron chi connectivity index (χ2n) is 7.22. The molecule has 4 rings (SSSR count). The second-order valence-corrected chi connectivity index (χ2v) is 7.22. The Morgan fingerprint density at radius 1 is 1.13 bits per heavy atom. The van der Waals surface area contributed by atoms with Crippen molar-refractivity contribution in [1.82, 2.24) is 20.1 Å². The van der Waals surface area contributed by atoms with E-state index in [0.29, 0.717) is 29.6 Å². The summed E-state index contributed by atoms with van der Waals surface area (Å²) in [5.41, 5.74) is 5.23.